The Balaban J connectivity index is 2.16. The van der Waals surface area contributed by atoms with E-state index in [0.717, 1.165) is 0 Å². The van der Waals surface area contributed by atoms with Gasteiger partial charge in [-0.1, -0.05) is 30.4 Å². The van der Waals surface area contributed by atoms with Crippen LogP contribution < -0.4 is 10.2 Å². The van der Waals surface area contributed by atoms with Crippen molar-refractivity contribution < 1.29 is 0 Å². The standard InChI is InChI=1S/C18H16NP/c1-19(2)17-13-7-8-14-18(17)20(15-9-3-4-10-15)16-11-5-6-12-16/h3-9,11,13-14H,1-2H3. The van der Waals surface area contributed by atoms with Gasteiger partial charge in [-0.25, -0.2) is 0 Å². The van der Waals surface area contributed by atoms with E-state index in [1.54, 1.807) is 0 Å². The Morgan fingerprint density at radius 2 is 1.50 bits per heavy atom. The largest absolute Gasteiger partial charge is 0.377 e. The number of anilines is 1. The summed E-state index contributed by atoms with van der Waals surface area (Å²) in [5.41, 5.74) is 8.03. The van der Waals surface area contributed by atoms with E-state index in [1.807, 2.05) is 12.2 Å². The summed E-state index contributed by atoms with van der Waals surface area (Å²) in [6.45, 7) is 0. The molecule has 2 aliphatic carbocycles. The van der Waals surface area contributed by atoms with Gasteiger partial charge in [0, 0.05) is 43.6 Å². The fraction of sp³-hybridized carbons (Fsp3) is 0.111. The van der Waals surface area contributed by atoms with Crippen LogP contribution in [-0.4, -0.2) is 14.1 Å². The van der Waals surface area contributed by atoms with Gasteiger partial charge in [-0.3, -0.25) is 0 Å². The predicted octanol–water partition coefficient (Wildman–Crippen LogP) is 4.08. The Morgan fingerprint density at radius 1 is 0.900 bits per heavy atom. The van der Waals surface area contributed by atoms with Gasteiger partial charge in [-0.15, -0.1) is 11.5 Å². The molecule has 0 amide bonds. The quantitative estimate of drug-likeness (QED) is 0.592. The fourth-order valence-electron chi connectivity index (χ4n) is 2.34. The zero-order valence-electron chi connectivity index (χ0n) is 11.7. The van der Waals surface area contributed by atoms with E-state index in [4.69, 9.17) is 0 Å². The predicted molar refractivity (Wildman–Crippen MR) is 88.8 cm³/mol. The molecule has 0 saturated carbocycles. The molecule has 20 heavy (non-hydrogen) atoms. The van der Waals surface area contributed by atoms with Crippen LogP contribution in [0.5, 0.6) is 0 Å². The Labute approximate surface area is 121 Å². The number of para-hydroxylation sites is 1. The summed E-state index contributed by atoms with van der Waals surface area (Å²) in [4.78, 5) is 2.18. The maximum absolute atomic E-state index is 3.38. The summed E-state index contributed by atoms with van der Waals surface area (Å²) >= 11 is 0. The molecule has 98 valence electrons. The molecular weight excluding hydrogens is 261 g/mol. The molecule has 2 heteroatoms. The highest BCUT2D eigenvalue weighted by Gasteiger charge is 2.23. The second-order valence-electron chi connectivity index (χ2n) is 4.83. The lowest BCUT2D eigenvalue weighted by Crippen LogP contribution is -2.18. The molecule has 0 unspecified atom stereocenters. The Kier molecular flexibility index (Phi) is 3.59. The van der Waals surface area contributed by atoms with Gasteiger partial charge in [-0.2, -0.15) is 0 Å². The van der Waals surface area contributed by atoms with Gasteiger partial charge >= 0.3 is 0 Å². The van der Waals surface area contributed by atoms with Crippen LogP contribution in [0, 0.1) is 0 Å². The normalized spacial score (nSPS) is 15.2. The zero-order chi connectivity index (χ0) is 13.9. The third kappa shape index (κ3) is 2.36. The number of nitrogens with zero attached hydrogens (tertiary/aromatic N) is 1. The maximum Gasteiger partial charge on any atom is 0.0446 e. The van der Waals surface area contributed by atoms with E-state index in [1.165, 1.54) is 21.6 Å². The van der Waals surface area contributed by atoms with Crippen molar-refractivity contribution in [1.29, 1.82) is 0 Å². The van der Waals surface area contributed by atoms with Crippen LogP contribution in [0.25, 0.3) is 0 Å². The van der Waals surface area contributed by atoms with E-state index in [0.29, 0.717) is 0 Å². The Hall–Kier alpha value is -2.03. The molecule has 0 aliphatic heterocycles. The van der Waals surface area contributed by atoms with Crippen molar-refractivity contribution in [3.63, 3.8) is 0 Å². The third-order valence-electron chi connectivity index (χ3n) is 3.25. The topological polar surface area (TPSA) is 3.24 Å². The van der Waals surface area contributed by atoms with Crippen molar-refractivity contribution in [3.05, 3.63) is 82.8 Å². The van der Waals surface area contributed by atoms with Gasteiger partial charge in [0.2, 0.25) is 0 Å². The molecule has 1 aromatic rings. The van der Waals surface area contributed by atoms with Crippen molar-refractivity contribution in [1.82, 2.24) is 0 Å². The first kappa shape index (κ1) is 13.0. The van der Waals surface area contributed by atoms with Crippen LogP contribution in [0.15, 0.2) is 82.8 Å². The number of hydrogen-bond donors (Lipinski definition) is 0. The molecule has 3 rings (SSSR count). The summed E-state index contributed by atoms with van der Waals surface area (Å²) in [6, 6.07) is 8.61. The Bertz CT molecular complexity index is 684. The van der Waals surface area contributed by atoms with Crippen molar-refractivity contribution in [2.24, 2.45) is 0 Å². The van der Waals surface area contributed by atoms with Crippen LogP contribution in [0.1, 0.15) is 0 Å². The highest BCUT2D eigenvalue weighted by Crippen LogP contribution is 2.54. The fourth-order valence-corrected chi connectivity index (χ4v) is 4.74. The summed E-state index contributed by atoms with van der Waals surface area (Å²) < 4.78 is 0. The number of benzene rings is 1. The molecule has 0 aromatic heterocycles. The van der Waals surface area contributed by atoms with Crippen LogP contribution >= 0.6 is 7.92 Å². The first-order valence-corrected chi connectivity index (χ1v) is 7.95. The minimum absolute atomic E-state index is 0.578. The number of allylic oxidation sites excluding steroid dienone is 6. The van der Waals surface area contributed by atoms with Gasteiger partial charge < -0.3 is 4.90 Å². The smallest absolute Gasteiger partial charge is 0.0446 e. The Morgan fingerprint density at radius 3 is 2.00 bits per heavy atom. The van der Waals surface area contributed by atoms with Crippen LogP contribution in [0.3, 0.4) is 0 Å². The molecule has 2 aliphatic rings. The molecule has 0 fully saturated rings. The average molecular weight is 277 g/mol. The molecule has 0 N–H and O–H groups in total. The SMILES string of the molecule is CN(C)c1ccccc1P(C1=C=CC=C1)C1=C=CC=C1. The van der Waals surface area contributed by atoms with Gasteiger partial charge in [0.05, 0.1) is 0 Å². The van der Waals surface area contributed by atoms with E-state index in [-0.39, 0.29) is 0 Å². The van der Waals surface area contributed by atoms with Crippen LogP contribution in [-0.2, 0) is 0 Å². The lowest BCUT2D eigenvalue weighted by atomic mass is 10.3. The minimum atomic E-state index is -0.578. The zero-order valence-corrected chi connectivity index (χ0v) is 12.6. The molecule has 1 aromatic carbocycles. The summed E-state index contributed by atoms with van der Waals surface area (Å²) in [6.07, 6.45) is 12.4. The molecule has 0 bridgehead atoms. The van der Waals surface area contributed by atoms with E-state index < -0.39 is 7.92 Å². The maximum atomic E-state index is 3.38. The molecular formula is C18H16NP. The lowest BCUT2D eigenvalue weighted by Gasteiger charge is -2.24. The second kappa shape index (κ2) is 5.53. The van der Waals surface area contributed by atoms with E-state index in [9.17, 15) is 0 Å². The van der Waals surface area contributed by atoms with Gasteiger partial charge in [0.15, 0.2) is 0 Å². The highest BCUT2D eigenvalue weighted by atomic mass is 31.1. The summed E-state index contributed by atoms with van der Waals surface area (Å²) in [5, 5.41) is 3.88. The number of rotatable bonds is 4. The van der Waals surface area contributed by atoms with E-state index >= 15 is 0 Å². The van der Waals surface area contributed by atoms with Crippen molar-refractivity contribution in [2.45, 2.75) is 0 Å². The minimum Gasteiger partial charge on any atom is -0.377 e. The first-order valence-electron chi connectivity index (χ1n) is 6.60. The van der Waals surface area contributed by atoms with Gasteiger partial charge in [0.25, 0.3) is 0 Å². The van der Waals surface area contributed by atoms with Gasteiger partial charge in [0.1, 0.15) is 0 Å². The second-order valence-corrected chi connectivity index (χ2v) is 6.95. The molecule has 0 saturated heterocycles. The van der Waals surface area contributed by atoms with E-state index in [2.05, 4.69) is 79.0 Å². The lowest BCUT2D eigenvalue weighted by molar-refractivity contribution is 1.14. The van der Waals surface area contributed by atoms with Crippen molar-refractivity contribution in [3.8, 4) is 0 Å². The number of hydrogen-bond acceptors (Lipinski definition) is 1. The monoisotopic (exact) mass is 277 g/mol. The van der Waals surface area contributed by atoms with Crippen LogP contribution in [0.4, 0.5) is 5.69 Å². The summed E-state index contributed by atoms with van der Waals surface area (Å²) in [5.74, 6) is 0. The van der Waals surface area contributed by atoms with Crippen molar-refractivity contribution in [2.75, 3.05) is 19.0 Å². The third-order valence-corrected chi connectivity index (χ3v) is 5.63. The molecule has 0 radical (unpaired) electrons. The molecule has 0 spiro atoms. The summed E-state index contributed by atoms with van der Waals surface area (Å²) in [7, 11) is 3.61. The molecule has 0 atom stereocenters. The molecule has 1 nitrogen and oxygen atoms in total. The molecule has 0 heterocycles. The first-order chi connectivity index (χ1) is 9.77. The van der Waals surface area contributed by atoms with Crippen molar-refractivity contribution >= 4 is 18.9 Å². The van der Waals surface area contributed by atoms with Crippen LogP contribution in [0.2, 0.25) is 0 Å². The average Bonchev–Trinajstić information content (AvgIpc) is 3.13. The highest BCUT2D eigenvalue weighted by molar-refractivity contribution is 7.74. The van der Waals surface area contributed by atoms with Gasteiger partial charge in [-0.05, 0) is 30.4 Å².